The van der Waals surface area contributed by atoms with Crippen LogP contribution in [0, 0.1) is 0 Å². The number of hydrogen-bond acceptors (Lipinski definition) is 5. The van der Waals surface area contributed by atoms with Gasteiger partial charge in [-0.05, 0) is 32.0 Å². The van der Waals surface area contributed by atoms with Crippen molar-refractivity contribution in [3.05, 3.63) is 22.7 Å². The Morgan fingerprint density at radius 2 is 2.40 bits per heavy atom. The summed E-state index contributed by atoms with van der Waals surface area (Å²) in [5, 5.41) is 3.48. The number of oxazole rings is 1. The fourth-order valence-electron chi connectivity index (χ4n) is 2.82. The minimum atomic E-state index is -0.452. The molecule has 0 spiro atoms. The van der Waals surface area contributed by atoms with Gasteiger partial charge in [-0.25, -0.2) is 4.79 Å². The molecule has 108 valence electrons. The van der Waals surface area contributed by atoms with Crippen molar-refractivity contribution >= 4 is 22.5 Å². The van der Waals surface area contributed by atoms with Gasteiger partial charge in [0.25, 0.3) is 0 Å². The third-order valence-electron chi connectivity index (χ3n) is 3.90. The Morgan fingerprint density at radius 1 is 1.55 bits per heavy atom. The monoisotopic (exact) mass is 276 g/mol. The summed E-state index contributed by atoms with van der Waals surface area (Å²) >= 11 is 0. The first-order chi connectivity index (χ1) is 9.65. The van der Waals surface area contributed by atoms with Gasteiger partial charge in [-0.1, -0.05) is 6.92 Å². The number of likely N-dealkylation sites (N-methyl/N-ethyl adjacent to an activating group) is 1. The minimum Gasteiger partial charge on any atom is -0.408 e. The largest absolute Gasteiger partial charge is 0.417 e. The van der Waals surface area contributed by atoms with Gasteiger partial charge in [0.15, 0.2) is 5.58 Å². The van der Waals surface area contributed by atoms with Crippen LogP contribution in [0.5, 0.6) is 0 Å². The molecule has 0 bridgehead atoms. The molecule has 1 unspecified atom stereocenters. The smallest absolute Gasteiger partial charge is 0.408 e. The second-order valence-corrected chi connectivity index (χ2v) is 5.33. The highest BCUT2D eigenvalue weighted by Crippen LogP contribution is 2.26. The van der Waals surface area contributed by atoms with E-state index < -0.39 is 5.76 Å². The predicted molar refractivity (Wildman–Crippen MR) is 80.0 cm³/mol. The van der Waals surface area contributed by atoms with E-state index in [0.717, 1.165) is 31.7 Å². The molecule has 1 aromatic heterocycles. The molecule has 1 aliphatic heterocycles. The molecule has 2 heterocycles. The van der Waals surface area contributed by atoms with Crippen LogP contribution in [0.3, 0.4) is 0 Å². The maximum absolute atomic E-state index is 11.2. The van der Waals surface area contributed by atoms with E-state index in [1.165, 1.54) is 6.42 Å². The molecular formula is C14H20N4O2. The molecule has 1 aromatic carbocycles. The summed E-state index contributed by atoms with van der Waals surface area (Å²) in [6.45, 7) is 5.44. The van der Waals surface area contributed by atoms with Crippen LogP contribution in [0.15, 0.2) is 21.3 Å². The summed E-state index contributed by atoms with van der Waals surface area (Å²) in [4.78, 5) is 16.3. The molecule has 1 fully saturated rings. The molecule has 0 aliphatic carbocycles. The van der Waals surface area contributed by atoms with E-state index >= 15 is 0 Å². The van der Waals surface area contributed by atoms with E-state index in [9.17, 15) is 4.79 Å². The second-order valence-electron chi connectivity index (χ2n) is 5.33. The van der Waals surface area contributed by atoms with Crippen LogP contribution in [0.1, 0.15) is 19.8 Å². The van der Waals surface area contributed by atoms with E-state index in [-0.39, 0.29) is 0 Å². The number of likely N-dealkylation sites (tertiary alicyclic amines) is 1. The number of anilines is 2. The highest BCUT2D eigenvalue weighted by molar-refractivity contribution is 5.85. The SMILES string of the molecule is CCN1CCCC(Nc2cc3[nH]c(=O)oc3cc2N)C1. The molecule has 20 heavy (non-hydrogen) atoms. The number of nitrogens with zero attached hydrogens (tertiary/aromatic N) is 1. The maximum atomic E-state index is 11.2. The average molecular weight is 276 g/mol. The number of benzene rings is 1. The van der Waals surface area contributed by atoms with E-state index in [1.807, 2.05) is 6.07 Å². The summed E-state index contributed by atoms with van der Waals surface area (Å²) < 4.78 is 5.00. The van der Waals surface area contributed by atoms with Gasteiger partial charge in [0.2, 0.25) is 0 Å². The van der Waals surface area contributed by atoms with E-state index in [0.29, 0.717) is 22.8 Å². The Balaban J connectivity index is 1.82. The van der Waals surface area contributed by atoms with Gasteiger partial charge < -0.3 is 20.4 Å². The first-order valence-electron chi connectivity index (χ1n) is 7.07. The van der Waals surface area contributed by atoms with Crippen molar-refractivity contribution in [3.8, 4) is 0 Å². The summed E-state index contributed by atoms with van der Waals surface area (Å²) in [6, 6.07) is 3.93. The van der Waals surface area contributed by atoms with Crippen molar-refractivity contribution in [2.24, 2.45) is 0 Å². The standard InChI is InChI=1S/C14H20N4O2/c1-2-18-5-3-4-9(8-18)16-11-7-12-13(6-10(11)15)20-14(19)17-12/h6-7,9,16H,2-5,8,15H2,1H3,(H,17,19). The Bertz CT molecular complexity index is 661. The van der Waals surface area contributed by atoms with Crippen LogP contribution in [0.2, 0.25) is 0 Å². The normalized spacial score (nSPS) is 20.4. The fourth-order valence-corrected chi connectivity index (χ4v) is 2.82. The predicted octanol–water partition coefficient (Wildman–Crippen LogP) is 1.60. The minimum absolute atomic E-state index is 0.391. The van der Waals surface area contributed by atoms with Gasteiger partial charge in [-0.2, -0.15) is 0 Å². The van der Waals surface area contributed by atoms with Crippen molar-refractivity contribution in [2.75, 3.05) is 30.7 Å². The lowest BCUT2D eigenvalue weighted by Crippen LogP contribution is -2.41. The van der Waals surface area contributed by atoms with Crippen LogP contribution < -0.4 is 16.8 Å². The van der Waals surface area contributed by atoms with Crippen molar-refractivity contribution in [1.82, 2.24) is 9.88 Å². The zero-order valence-electron chi connectivity index (χ0n) is 11.6. The van der Waals surface area contributed by atoms with Crippen molar-refractivity contribution in [2.45, 2.75) is 25.8 Å². The van der Waals surface area contributed by atoms with Gasteiger partial charge in [0, 0.05) is 18.7 Å². The molecule has 1 saturated heterocycles. The summed E-state index contributed by atoms with van der Waals surface area (Å²) in [5.41, 5.74) is 8.67. The number of fused-ring (bicyclic) bond motifs is 1. The van der Waals surface area contributed by atoms with Crippen LogP contribution in [-0.4, -0.2) is 35.6 Å². The number of rotatable bonds is 3. The highest BCUT2D eigenvalue weighted by Gasteiger charge is 2.19. The lowest BCUT2D eigenvalue weighted by Gasteiger charge is -2.33. The highest BCUT2D eigenvalue weighted by atomic mass is 16.4. The van der Waals surface area contributed by atoms with Crippen molar-refractivity contribution in [3.63, 3.8) is 0 Å². The topological polar surface area (TPSA) is 87.3 Å². The molecular weight excluding hydrogens is 256 g/mol. The lowest BCUT2D eigenvalue weighted by molar-refractivity contribution is 0.227. The number of nitrogen functional groups attached to an aromatic ring is 1. The van der Waals surface area contributed by atoms with Crippen molar-refractivity contribution in [1.29, 1.82) is 0 Å². The Hall–Kier alpha value is -1.95. The number of nitrogens with one attached hydrogen (secondary N) is 2. The molecule has 3 rings (SSSR count). The molecule has 6 nitrogen and oxygen atoms in total. The number of aromatic nitrogens is 1. The van der Waals surface area contributed by atoms with Crippen LogP contribution >= 0.6 is 0 Å². The number of piperidine rings is 1. The van der Waals surface area contributed by atoms with Gasteiger partial charge in [-0.15, -0.1) is 0 Å². The molecule has 0 saturated carbocycles. The lowest BCUT2D eigenvalue weighted by atomic mass is 10.1. The zero-order chi connectivity index (χ0) is 14.1. The zero-order valence-corrected chi connectivity index (χ0v) is 11.6. The van der Waals surface area contributed by atoms with Gasteiger partial charge >= 0.3 is 5.76 Å². The van der Waals surface area contributed by atoms with Gasteiger partial charge in [0.05, 0.1) is 16.9 Å². The molecule has 4 N–H and O–H groups in total. The van der Waals surface area contributed by atoms with E-state index in [2.05, 4.69) is 22.1 Å². The number of H-pyrrole nitrogens is 1. The third-order valence-corrected chi connectivity index (χ3v) is 3.90. The van der Waals surface area contributed by atoms with Crippen LogP contribution in [0.25, 0.3) is 11.1 Å². The molecule has 0 radical (unpaired) electrons. The first kappa shape index (κ1) is 13.1. The molecule has 0 amide bonds. The molecule has 1 atom stereocenters. The Labute approximate surface area is 116 Å². The van der Waals surface area contributed by atoms with Gasteiger partial charge in [-0.3, -0.25) is 4.98 Å². The van der Waals surface area contributed by atoms with Crippen LogP contribution in [-0.2, 0) is 0 Å². The molecule has 1 aliphatic rings. The van der Waals surface area contributed by atoms with Crippen LogP contribution in [0.4, 0.5) is 11.4 Å². The van der Waals surface area contributed by atoms with Gasteiger partial charge in [0.1, 0.15) is 0 Å². The summed E-state index contributed by atoms with van der Waals surface area (Å²) in [5.74, 6) is -0.452. The maximum Gasteiger partial charge on any atom is 0.417 e. The third kappa shape index (κ3) is 2.51. The summed E-state index contributed by atoms with van der Waals surface area (Å²) in [7, 11) is 0. The Morgan fingerprint density at radius 3 is 3.20 bits per heavy atom. The van der Waals surface area contributed by atoms with E-state index in [4.69, 9.17) is 10.2 Å². The van der Waals surface area contributed by atoms with Crippen molar-refractivity contribution < 1.29 is 4.42 Å². The fraction of sp³-hybridized carbons (Fsp3) is 0.500. The first-order valence-corrected chi connectivity index (χ1v) is 7.07. The number of nitrogens with two attached hydrogens (primary N) is 1. The molecule has 2 aromatic rings. The number of hydrogen-bond donors (Lipinski definition) is 3. The van der Waals surface area contributed by atoms with E-state index in [1.54, 1.807) is 6.07 Å². The average Bonchev–Trinajstić information content (AvgIpc) is 2.78. The molecule has 6 heteroatoms. The Kier molecular flexibility index (Phi) is 3.40. The second kappa shape index (κ2) is 5.20. The number of aromatic amines is 1. The quantitative estimate of drug-likeness (QED) is 0.741. The summed E-state index contributed by atoms with van der Waals surface area (Å²) in [6.07, 6.45) is 2.33.